The minimum absolute atomic E-state index is 0.120. The molecule has 4 heteroatoms. The molecule has 2 N–H and O–H groups in total. The van der Waals surface area contributed by atoms with Crippen molar-refractivity contribution in [3.05, 3.63) is 29.3 Å². The Bertz CT molecular complexity index is 352. The maximum atomic E-state index is 11.1. The molecule has 1 atom stereocenters. The lowest BCUT2D eigenvalue weighted by Gasteiger charge is -2.10. The van der Waals surface area contributed by atoms with Crippen LogP contribution in [0, 0.1) is 0 Å². The fraction of sp³-hybridized carbons (Fsp3) is 0.300. The van der Waals surface area contributed by atoms with E-state index in [1.54, 1.807) is 12.1 Å². The molecule has 1 aromatic carbocycles. The zero-order chi connectivity index (χ0) is 10.7. The van der Waals surface area contributed by atoms with Crippen LogP contribution in [0.2, 0.25) is 0 Å². The van der Waals surface area contributed by atoms with Crippen molar-refractivity contribution in [1.29, 1.82) is 0 Å². The molecule has 2 nitrogen and oxygen atoms in total. The number of rotatable bonds is 3. The largest absolute Gasteiger partial charge is 0.398 e. The fourth-order valence-corrected chi connectivity index (χ4v) is 1.50. The van der Waals surface area contributed by atoms with E-state index in [2.05, 4.69) is 0 Å². The van der Waals surface area contributed by atoms with Crippen LogP contribution in [0.5, 0.6) is 0 Å². The van der Waals surface area contributed by atoms with Gasteiger partial charge < -0.3 is 5.73 Å². The SMILES string of the molecule is CC(=O)C(Cl)c1cc(CCl)ccc1N. The summed E-state index contributed by atoms with van der Waals surface area (Å²) in [6.07, 6.45) is 0. The van der Waals surface area contributed by atoms with E-state index in [-0.39, 0.29) is 5.78 Å². The minimum atomic E-state index is -0.682. The highest BCUT2D eigenvalue weighted by molar-refractivity contribution is 6.31. The van der Waals surface area contributed by atoms with Crippen molar-refractivity contribution in [2.24, 2.45) is 0 Å². The first kappa shape index (κ1) is 11.3. The van der Waals surface area contributed by atoms with E-state index in [0.717, 1.165) is 5.56 Å². The first-order valence-electron chi connectivity index (χ1n) is 4.15. The molecule has 76 valence electrons. The van der Waals surface area contributed by atoms with Gasteiger partial charge in [-0.3, -0.25) is 4.79 Å². The Kier molecular flexibility index (Phi) is 3.78. The predicted molar refractivity (Wildman–Crippen MR) is 59.7 cm³/mol. The highest BCUT2D eigenvalue weighted by Gasteiger charge is 2.16. The average molecular weight is 232 g/mol. The molecule has 14 heavy (non-hydrogen) atoms. The predicted octanol–water partition coefficient (Wildman–Crippen LogP) is 2.88. The lowest BCUT2D eigenvalue weighted by molar-refractivity contribution is -0.116. The number of anilines is 1. The second-order valence-electron chi connectivity index (χ2n) is 3.07. The number of carbonyl (C=O) groups excluding carboxylic acids is 1. The Morgan fingerprint density at radius 1 is 1.57 bits per heavy atom. The number of hydrogen-bond acceptors (Lipinski definition) is 2. The van der Waals surface area contributed by atoms with Crippen molar-refractivity contribution < 1.29 is 4.79 Å². The lowest BCUT2D eigenvalue weighted by atomic mass is 10.0. The van der Waals surface area contributed by atoms with Crippen molar-refractivity contribution in [2.45, 2.75) is 18.2 Å². The number of carbonyl (C=O) groups is 1. The molecule has 0 aliphatic carbocycles. The summed E-state index contributed by atoms with van der Waals surface area (Å²) < 4.78 is 0. The minimum Gasteiger partial charge on any atom is -0.398 e. The Morgan fingerprint density at radius 3 is 2.71 bits per heavy atom. The third-order valence-electron chi connectivity index (χ3n) is 1.94. The Labute approximate surface area is 93.0 Å². The molecular formula is C10H11Cl2NO. The highest BCUT2D eigenvalue weighted by atomic mass is 35.5. The molecule has 0 radical (unpaired) electrons. The van der Waals surface area contributed by atoms with E-state index >= 15 is 0 Å². The lowest BCUT2D eigenvalue weighted by Crippen LogP contribution is -2.05. The van der Waals surface area contributed by atoms with E-state index < -0.39 is 5.38 Å². The molecular weight excluding hydrogens is 221 g/mol. The van der Waals surface area contributed by atoms with Gasteiger partial charge >= 0.3 is 0 Å². The maximum Gasteiger partial charge on any atom is 0.152 e. The van der Waals surface area contributed by atoms with Gasteiger partial charge in [-0.2, -0.15) is 0 Å². The maximum absolute atomic E-state index is 11.1. The molecule has 0 heterocycles. The summed E-state index contributed by atoms with van der Waals surface area (Å²) in [5.41, 5.74) is 7.77. The normalized spacial score (nSPS) is 12.5. The number of benzene rings is 1. The quantitative estimate of drug-likeness (QED) is 0.643. The van der Waals surface area contributed by atoms with Gasteiger partial charge in [-0.15, -0.1) is 23.2 Å². The molecule has 0 saturated heterocycles. The van der Waals surface area contributed by atoms with Gasteiger partial charge in [-0.25, -0.2) is 0 Å². The van der Waals surface area contributed by atoms with Crippen LogP contribution in [0.15, 0.2) is 18.2 Å². The van der Waals surface area contributed by atoms with E-state index in [9.17, 15) is 4.79 Å². The molecule has 1 rings (SSSR count). The second kappa shape index (κ2) is 4.67. The molecule has 0 spiro atoms. The molecule has 0 bridgehead atoms. The van der Waals surface area contributed by atoms with Crippen molar-refractivity contribution in [3.8, 4) is 0 Å². The van der Waals surface area contributed by atoms with Crippen molar-refractivity contribution >= 4 is 34.7 Å². The summed E-state index contributed by atoms with van der Waals surface area (Å²) in [7, 11) is 0. The van der Waals surface area contributed by atoms with Gasteiger partial charge in [0.2, 0.25) is 0 Å². The molecule has 0 aromatic heterocycles. The van der Waals surface area contributed by atoms with Crippen LogP contribution in [0.3, 0.4) is 0 Å². The van der Waals surface area contributed by atoms with Crippen molar-refractivity contribution in [1.82, 2.24) is 0 Å². The number of nitrogen functional groups attached to an aromatic ring is 1. The van der Waals surface area contributed by atoms with Crippen LogP contribution in [-0.2, 0) is 10.7 Å². The fourth-order valence-electron chi connectivity index (χ4n) is 1.15. The van der Waals surface area contributed by atoms with Gasteiger partial charge in [0.1, 0.15) is 5.38 Å². The summed E-state index contributed by atoms with van der Waals surface area (Å²) in [5.74, 6) is 0.263. The van der Waals surface area contributed by atoms with Crippen LogP contribution in [0.4, 0.5) is 5.69 Å². The van der Waals surface area contributed by atoms with E-state index in [4.69, 9.17) is 28.9 Å². The van der Waals surface area contributed by atoms with Crippen LogP contribution in [-0.4, -0.2) is 5.78 Å². The summed E-state index contributed by atoms with van der Waals surface area (Å²) in [6.45, 7) is 1.43. The van der Waals surface area contributed by atoms with E-state index in [1.807, 2.05) is 6.07 Å². The van der Waals surface area contributed by atoms with Gasteiger partial charge in [0.05, 0.1) is 0 Å². The molecule has 0 saturated carbocycles. The number of Topliss-reactive ketones (excluding diaryl/α,β-unsaturated/α-hetero) is 1. The van der Waals surface area contributed by atoms with Crippen LogP contribution < -0.4 is 5.73 Å². The molecule has 0 amide bonds. The van der Waals surface area contributed by atoms with E-state index in [0.29, 0.717) is 17.1 Å². The zero-order valence-corrected chi connectivity index (χ0v) is 9.27. The zero-order valence-electron chi connectivity index (χ0n) is 7.76. The monoisotopic (exact) mass is 231 g/mol. The molecule has 1 aromatic rings. The summed E-state index contributed by atoms with van der Waals surface area (Å²) in [4.78, 5) is 11.1. The Morgan fingerprint density at radius 2 is 2.21 bits per heavy atom. The molecule has 0 fully saturated rings. The molecule has 0 aliphatic rings. The van der Waals surface area contributed by atoms with Crippen LogP contribution in [0.1, 0.15) is 23.4 Å². The summed E-state index contributed by atoms with van der Waals surface area (Å²) in [5, 5.41) is -0.682. The first-order chi connectivity index (χ1) is 6.56. The number of nitrogens with two attached hydrogens (primary N) is 1. The van der Waals surface area contributed by atoms with Gasteiger partial charge in [0, 0.05) is 17.1 Å². The van der Waals surface area contributed by atoms with E-state index in [1.165, 1.54) is 6.92 Å². The second-order valence-corrected chi connectivity index (χ2v) is 3.77. The third kappa shape index (κ3) is 2.40. The number of ketones is 1. The van der Waals surface area contributed by atoms with Crippen LogP contribution in [0.25, 0.3) is 0 Å². The van der Waals surface area contributed by atoms with Gasteiger partial charge in [-0.1, -0.05) is 12.1 Å². The molecule has 0 aliphatic heterocycles. The number of hydrogen-bond donors (Lipinski definition) is 1. The third-order valence-corrected chi connectivity index (χ3v) is 2.79. The average Bonchev–Trinajstić information content (AvgIpc) is 2.17. The summed E-state index contributed by atoms with van der Waals surface area (Å²) in [6, 6.07) is 5.29. The first-order valence-corrected chi connectivity index (χ1v) is 5.12. The standard InChI is InChI=1S/C10H11Cl2NO/c1-6(14)10(12)8-4-7(5-11)2-3-9(8)13/h2-4,10H,5,13H2,1H3. The number of alkyl halides is 2. The van der Waals surface area contributed by atoms with Gasteiger partial charge in [0.15, 0.2) is 5.78 Å². The Balaban J connectivity index is 3.11. The van der Waals surface area contributed by atoms with Crippen LogP contribution >= 0.6 is 23.2 Å². The highest BCUT2D eigenvalue weighted by Crippen LogP contribution is 2.28. The Hall–Kier alpha value is -0.730. The van der Waals surface area contributed by atoms with Crippen molar-refractivity contribution in [2.75, 3.05) is 5.73 Å². The van der Waals surface area contributed by atoms with Crippen molar-refractivity contribution in [3.63, 3.8) is 0 Å². The summed E-state index contributed by atoms with van der Waals surface area (Å²) >= 11 is 11.6. The smallest absolute Gasteiger partial charge is 0.152 e. The van der Waals surface area contributed by atoms with Gasteiger partial charge in [0.25, 0.3) is 0 Å². The molecule has 1 unspecified atom stereocenters. The van der Waals surface area contributed by atoms with Gasteiger partial charge in [-0.05, 0) is 18.6 Å². The number of halogens is 2. The topological polar surface area (TPSA) is 43.1 Å².